The number of hydrogen-bond acceptors (Lipinski definition) is 6. The van der Waals surface area contributed by atoms with E-state index in [1.54, 1.807) is 0 Å². The third-order valence-corrected chi connectivity index (χ3v) is 13.5. The van der Waals surface area contributed by atoms with Crippen LogP contribution >= 0.6 is 23.5 Å². The highest BCUT2D eigenvalue weighted by molar-refractivity contribution is 8.08. The third-order valence-electron chi connectivity index (χ3n) is 11.1. The normalized spacial score (nSPS) is 14.2. The number of aryl methyl sites for hydroxylation is 2. The Morgan fingerprint density at radius 3 is 0.917 bits per heavy atom. The predicted molar refractivity (Wildman–Crippen MR) is 250 cm³/mol. The summed E-state index contributed by atoms with van der Waals surface area (Å²) >= 11 is 2.85. The van der Waals surface area contributed by atoms with Gasteiger partial charge in [-0.25, -0.2) is 0 Å². The molecule has 0 spiro atoms. The van der Waals surface area contributed by atoms with Crippen LogP contribution in [0.1, 0.15) is 31.8 Å². The molecule has 0 atom stereocenters. The van der Waals surface area contributed by atoms with Crippen molar-refractivity contribution in [2.45, 2.75) is 23.6 Å². The number of Topliss-reactive ketones (excluding diaryl/α,β-unsaturated/α-hetero) is 2. The van der Waals surface area contributed by atoms with Gasteiger partial charge in [0.05, 0.1) is 9.81 Å². The molecular weight excluding hydrogens is 773 g/mol. The smallest absolute Gasteiger partial charge is 0.202 e. The van der Waals surface area contributed by atoms with Gasteiger partial charge in [-0.2, -0.15) is 0 Å². The standard InChI is InChI=1S/C54H38N2O2S2/c1-35-31-39(37-23-27-45(28-24-37)55(41-15-7-3-8-16-41)42-17-9-4-10-18-42)33-47-49(35)51(57)53(59-47)54-52(58)50-36(2)32-40(34-48(50)60-54)38-25-29-46(30-26-38)56(43-19-11-5-12-20-43)44-21-13-6-14-22-44/h3-34H,1-2H3/b54-53+. The van der Waals surface area contributed by atoms with Crippen LogP contribution in [0.2, 0.25) is 0 Å². The maximum Gasteiger partial charge on any atom is 0.202 e. The van der Waals surface area contributed by atoms with Crippen LogP contribution in [-0.2, 0) is 0 Å². The lowest BCUT2D eigenvalue weighted by atomic mass is 9.96. The van der Waals surface area contributed by atoms with E-state index in [2.05, 4.69) is 180 Å². The van der Waals surface area contributed by atoms with Gasteiger partial charge in [0, 0.05) is 55.0 Å². The Balaban J connectivity index is 0.921. The lowest BCUT2D eigenvalue weighted by Crippen LogP contribution is -2.09. The number of allylic oxidation sites excluding steroid dienone is 2. The molecule has 8 aromatic carbocycles. The van der Waals surface area contributed by atoms with Crippen molar-refractivity contribution < 1.29 is 9.59 Å². The van der Waals surface area contributed by atoms with Crippen molar-refractivity contribution in [3.63, 3.8) is 0 Å². The summed E-state index contributed by atoms with van der Waals surface area (Å²) < 4.78 is 0. The van der Waals surface area contributed by atoms with Crippen molar-refractivity contribution >= 4 is 69.2 Å². The minimum atomic E-state index is -0.0748. The van der Waals surface area contributed by atoms with E-state index >= 15 is 0 Å². The van der Waals surface area contributed by atoms with Gasteiger partial charge in [0.1, 0.15) is 0 Å². The summed E-state index contributed by atoms with van der Waals surface area (Å²) in [5.41, 5.74) is 13.8. The first-order chi connectivity index (χ1) is 29.4. The van der Waals surface area contributed by atoms with Crippen molar-refractivity contribution in [3.05, 3.63) is 226 Å². The highest BCUT2D eigenvalue weighted by Crippen LogP contribution is 2.52. The summed E-state index contributed by atoms with van der Waals surface area (Å²) in [6, 6.07) is 66.9. The molecule has 0 saturated heterocycles. The highest BCUT2D eigenvalue weighted by Gasteiger charge is 2.38. The van der Waals surface area contributed by atoms with Gasteiger partial charge in [-0.1, -0.05) is 133 Å². The fourth-order valence-corrected chi connectivity index (χ4v) is 10.8. The molecule has 0 radical (unpaired) electrons. The van der Waals surface area contributed by atoms with Crippen molar-refractivity contribution in [1.29, 1.82) is 0 Å². The molecule has 0 fully saturated rings. The molecule has 6 heteroatoms. The molecule has 0 aromatic heterocycles. The first-order valence-corrected chi connectivity index (χ1v) is 21.5. The van der Waals surface area contributed by atoms with E-state index in [4.69, 9.17) is 0 Å². The number of para-hydroxylation sites is 4. The Morgan fingerprint density at radius 1 is 0.333 bits per heavy atom. The Labute approximate surface area is 358 Å². The van der Waals surface area contributed by atoms with Crippen LogP contribution in [0.15, 0.2) is 214 Å². The van der Waals surface area contributed by atoms with E-state index in [1.165, 1.54) is 23.5 Å². The van der Waals surface area contributed by atoms with Crippen LogP contribution < -0.4 is 9.80 Å². The number of rotatable bonds is 8. The van der Waals surface area contributed by atoms with Gasteiger partial charge < -0.3 is 9.80 Å². The maximum absolute atomic E-state index is 14.1. The van der Waals surface area contributed by atoms with Crippen molar-refractivity contribution in [2.24, 2.45) is 0 Å². The number of hydrogen-bond donors (Lipinski definition) is 0. The van der Waals surface area contributed by atoms with Crippen molar-refractivity contribution in [3.8, 4) is 22.3 Å². The van der Waals surface area contributed by atoms with Crippen LogP contribution in [0.5, 0.6) is 0 Å². The zero-order valence-electron chi connectivity index (χ0n) is 33.0. The number of nitrogens with zero attached hydrogens (tertiary/aromatic N) is 2. The summed E-state index contributed by atoms with van der Waals surface area (Å²) in [6.07, 6.45) is 0. The van der Waals surface area contributed by atoms with Crippen molar-refractivity contribution in [1.82, 2.24) is 0 Å². The van der Waals surface area contributed by atoms with E-state index in [-0.39, 0.29) is 11.6 Å². The second-order valence-corrected chi connectivity index (χ2v) is 17.1. The quantitative estimate of drug-likeness (QED) is 0.142. The highest BCUT2D eigenvalue weighted by atomic mass is 32.2. The first-order valence-electron chi connectivity index (χ1n) is 19.9. The van der Waals surface area contributed by atoms with Gasteiger partial charge in [-0.05, 0) is 132 Å². The van der Waals surface area contributed by atoms with Crippen molar-refractivity contribution in [2.75, 3.05) is 9.80 Å². The number of carbonyl (C=O) groups excluding carboxylic acids is 2. The lowest BCUT2D eigenvalue weighted by molar-refractivity contribution is 0.101. The molecule has 8 aromatic rings. The molecule has 60 heavy (non-hydrogen) atoms. The summed E-state index contributed by atoms with van der Waals surface area (Å²) in [5, 5.41) is 0. The molecule has 0 amide bonds. The van der Waals surface area contributed by atoms with Gasteiger partial charge in [0.15, 0.2) is 0 Å². The molecule has 288 valence electrons. The topological polar surface area (TPSA) is 40.6 Å². The number of carbonyl (C=O) groups is 2. The number of anilines is 6. The Hall–Kier alpha value is -6.86. The van der Waals surface area contributed by atoms with Crippen LogP contribution in [-0.4, -0.2) is 11.6 Å². The zero-order chi connectivity index (χ0) is 40.7. The number of benzene rings is 8. The number of fused-ring (bicyclic) bond motifs is 2. The molecule has 0 N–H and O–H groups in total. The van der Waals surface area contributed by atoms with Crippen LogP contribution in [0.3, 0.4) is 0 Å². The van der Waals surface area contributed by atoms with Gasteiger partial charge >= 0.3 is 0 Å². The third kappa shape index (κ3) is 6.84. The fourth-order valence-electron chi connectivity index (χ4n) is 8.23. The summed E-state index contributed by atoms with van der Waals surface area (Å²) in [5.74, 6) is -0.150. The summed E-state index contributed by atoms with van der Waals surface area (Å²) in [6.45, 7) is 3.99. The molecule has 0 saturated carbocycles. The molecule has 4 nitrogen and oxygen atoms in total. The van der Waals surface area contributed by atoms with Crippen LogP contribution in [0.25, 0.3) is 22.3 Å². The van der Waals surface area contributed by atoms with E-state index < -0.39 is 0 Å². The minimum absolute atomic E-state index is 0.0748. The Morgan fingerprint density at radius 2 is 0.617 bits per heavy atom. The van der Waals surface area contributed by atoms with Gasteiger partial charge in [0.25, 0.3) is 0 Å². The predicted octanol–water partition coefficient (Wildman–Crippen LogP) is 15.1. The van der Waals surface area contributed by atoms with E-state index in [0.717, 1.165) is 77.3 Å². The monoisotopic (exact) mass is 810 g/mol. The molecule has 0 unspecified atom stereocenters. The number of thioether (sulfide) groups is 2. The number of ketones is 2. The van der Waals surface area contributed by atoms with Gasteiger partial charge in [-0.15, -0.1) is 0 Å². The van der Waals surface area contributed by atoms with Gasteiger partial charge in [0.2, 0.25) is 11.6 Å². The van der Waals surface area contributed by atoms with Gasteiger partial charge in [-0.3, -0.25) is 9.59 Å². The van der Waals surface area contributed by atoms with Crippen LogP contribution in [0, 0.1) is 13.8 Å². The zero-order valence-corrected chi connectivity index (χ0v) is 34.6. The summed E-state index contributed by atoms with van der Waals surface area (Å²) in [4.78, 5) is 35.6. The minimum Gasteiger partial charge on any atom is -0.311 e. The summed E-state index contributed by atoms with van der Waals surface area (Å²) in [7, 11) is 0. The van der Waals surface area contributed by atoms with E-state index in [1.807, 2.05) is 38.1 Å². The molecule has 2 aliphatic heterocycles. The molecule has 0 bridgehead atoms. The SMILES string of the molecule is Cc1cc(-c2ccc(N(c3ccccc3)c3ccccc3)cc2)cc2c1C(=O)/C(=C1\Sc3cc(-c4ccc(N(c5ccccc5)c5ccccc5)cc4)cc(C)c3C1=O)S2. The average molecular weight is 811 g/mol. The Kier molecular flexibility index (Phi) is 9.80. The van der Waals surface area contributed by atoms with E-state index in [0.29, 0.717) is 20.9 Å². The lowest BCUT2D eigenvalue weighted by Gasteiger charge is -2.25. The fraction of sp³-hybridized carbons (Fsp3) is 0.0370. The first kappa shape index (κ1) is 37.4. The largest absolute Gasteiger partial charge is 0.311 e. The van der Waals surface area contributed by atoms with Crippen LogP contribution in [0.4, 0.5) is 34.1 Å². The molecule has 10 rings (SSSR count). The molecular formula is C54H38N2O2S2. The Bertz CT molecular complexity index is 2670. The second kappa shape index (κ2) is 15.7. The van der Waals surface area contributed by atoms with E-state index in [9.17, 15) is 9.59 Å². The molecule has 2 aliphatic rings. The molecule has 0 aliphatic carbocycles. The molecule has 2 heterocycles. The second-order valence-electron chi connectivity index (χ2n) is 15.0. The average Bonchev–Trinajstić information content (AvgIpc) is 3.81. The maximum atomic E-state index is 14.1.